The second-order valence-corrected chi connectivity index (χ2v) is 2.67. The predicted octanol–water partition coefficient (Wildman–Crippen LogP) is 1.19. The number of alkyl halides is 3. The van der Waals surface area contributed by atoms with Crippen LogP contribution in [0.1, 0.15) is 0 Å². The number of nitrogens with one attached hydrogen (secondary N) is 1. The number of methoxy groups -OCH3 is 1. The Morgan fingerprint density at radius 2 is 2.06 bits per heavy atom. The first-order chi connectivity index (χ1) is 7.76. The highest BCUT2D eigenvalue weighted by molar-refractivity contribution is 5.45. The summed E-state index contributed by atoms with van der Waals surface area (Å²) in [7, 11) is 1.02. The smallest absolute Gasteiger partial charge is 0.477 e. The van der Waals surface area contributed by atoms with Crippen LogP contribution in [0.2, 0.25) is 0 Å². The molecule has 0 aromatic carbocycles. The summed E-state index contributed by atoms with van der Waals surface area (Å²) in [6, 6.07) is 0. The number of hydrogen-bond donors (Lipinski definition) is 1. The number of hydrogen-bond acceptors (Lipinski definition) is 5. The van der Waals surface area contributed by atoms with Gasteiger partial charge in [-0.05, 0) is 0 Å². The third kappa shape index (κ3) is 2.86. The van der Waals surface area contributed by atoms with E-state index < -0.39 is 34.0 Å². The van der Waals surface area contributed by atoms with Gasteiger partial charge in [0.15, 0.2) is 5.75 Å². The van der Waals surface area contributed by atoms with Crippen LogP contribution in [0.4, 0.5) is 18.9 Å². The highest BCUT2D eigenvalue weighted by atomic mass is 19.4. The molecule has 0 aliphatic rings. The highest BCUT2D eigenvalue weighted by Gasteiger charge is 2.35. The van der Waals surface area contributed by atoms with Crippen LogP contribution in [-0.2, 0) is 0 Å². The monoisotopic (exact) mass is 254 g/mol. The second-order valence-electron chi connectivity index (χ2n) is 2.67. The lowest BCUT2D eigenvalue weighted by Gasteiger charge is -2.08. The lowest BCUT2D eigenvalue weighted by Crippen LogP contribution is -2.23. The van der Waals surface area contributed by atoms with E-state index in [0.29, 0.717) is 6.20 Å². The molecular formula is C7H5F3N2O5. The number of nitrogens with zero attached hydrogens (tertiary/aromatic N) is 1. The van der Waals surface area contributed by atoms with E-state index in [9.17, 15) is 28.1 Å². The van der Waals surface area contributed by atoms with Gasteiger partial charge in [-0.25, -0.2) is 0 Å². The Labute approximate surface area is 90.9 Å². The molecule has 1 rings (SSSR count). The van der Waals surface area contributed by atoms with Crippen LogP contribution < -0.4 is 14.9 Å². The molecule has 0 bridgehead atoms. The molecule has 7 nitrogen and oxygen atoms in total. The molecule has 0 atom stereocenters. The Morgan fingerprint density at radius 1 is 1.47 bits per heavy atom. The molecule has 0 aliphatic carbocycles. The van der Waals surface area contributed by atoms with E-state index in [1.54, 1.807) is 0 Å². The maximum absolute atomic E-state index is 11.9. The molecule has 1 N–H and O–H groups in total. The number of rotatable bonds is 3. The van der Waals surface area contributed by atoms with E-state index in [4.69, 9.17) is 0 Å². The minimum absolute atomic E-state index is 0.529. The number of H-pyrrole nitrogens is 1. The van der Waals surface area contributed by atoms with Crippen molar-refractivity contribution in [3.8, 4) is 11.6 Å². The summed E-state index contributed by atoms with van der Waals surface area (Å²) in [4.78, 5) is 22.6. The van der Waals surface area contributed by atoms with Crippen molar-refractivity contribution in [1.82, 2.24) is 4.98 Å². The van der Waals surface area contributed by atoms with Crippen LogP contribution in [0.5, 0.6) is 11.6 Å². The van der Waals surface area contributed by atoms with Crippen LogP contribution in [0.3, 0.4) is 0 Å². The summed E-state index contributed by atoms with van der Waals surface area (Å²) in [6.07, 6.45) is -4.59. The van der Waals surface area contributed by atoms with Crippen molar-refractivity contribution < 1.29 is 27.6 Å². The predicted molar refractivity (Wildman–Crippen MR) is 47.0 cm³/mol. The molecule has 0 saturated heterocycles. The van der Waals surface area contributed by atoms with E-state index in [-0.39, 0.29) is 0 Å². The summed E-state index contributed by atoms with van der Waals surface area (Å²) in [5.41, 5.74) is -2.68. The molecule has 0 fully saturated rings. The zero-order chi connectivity index (χ0) is 13.2. The van der Waals surface area contributed by atoms with E-state index in [1.807, 2.05) is 4.98 Å². The molecule has 0 amide bonds. The second kappa shape index (κ2) is 4.31. The lowest BCUT2D eigenvalue weighted by atomic mass is 10.3. The molecule has 0 unspecified atom stereocenters. The number of pyridine rings is 1. The van der Waals surface area contributed by atoms with Gasteiger partial charge in [0.25, 0.3) is 5.88 Å². The average molecular weight is 254 g/mol. The third-order valence-electron chi connectivity index (χ3n) is 1.60. The number of halogens is 3. The maximum atomic E-state index is 11.9. The summed E-state index contributed by atoms with van der Waals surface area (Å²) in [5.74, 6) is -1.79. The molecular weight excluding hydrogens is 249 g/mol. The summed E-state index contributed by atoms with van der Waals surface area (Å²) in [6.45, 7) is 0. The van der Waals surface area contributed by atoms with Crippen molar-refractivity contribution in [3.63, 3.8) is 0 Å². The minimum Gasteiger partial charge on any atom is -0.477 e. The zero-order valence-electron chi connectivity index (χ0n) is 8.20. The van der Waals surface area contributed by atoms with E-state index in [1.165, 1.54) is 0 Å². The van der Waals surface area contributed by atoms with Crippen LogP contribution >= 0.6 is 0 Å². The van der Waals surface area contributed by atoms with Crippen molar-refractivity contribution in [2.45, 2.75) is 6.36 Å². The zero-order valence-corrected chi connectivity index (χ0v) is 8.20. The van der Waals surface area contributed by atoms with E-state index in [0.717, 1.165) is 7.11 Å². The van der Waals surface area contributed by atoms with Gasteiger partial charge >= 0.3 is 17.5 Å². The Hall–Kier alpha value is -2.26. The van der Waals surface area contributed by atoms with Crippen LogP contribution in [-0.4, -0.2) is 23.4 Å². The molecule has 17 heavy (non-hydrogen) atoms. The Morgan fingerprint density at radius 3 is 2.47 bits per heavy atom. The van der Waals surface area contributed by atoms with Gasteiger partial charge in [0.1, 0.15) is 0 Å². The van der Waals surface area contributed by atoms with Gasteiger partial charge in [-0.3, -0.25) is 14.9 Å². The largest absolute Gasteiger partial charge is 0.573 e. The maximum Gasteiger partial charge on any atom is 0.573 e. The van der Waals surface area contributed by atoms with Gasteiger partial charge in [-0.2, -0.15) is 0 Å². The molecule has 94 valence electrons. The van der Waals surface area contributed by atoms with Gasteiger partial charge in [0, 0.05) is 0 Å². The van der Waals surface area contributed by atoms with Crippen molar-refractivity contribution >= 4 is 5.69 Å². The highest BCUT2D eigenvalue weighted by Crippen LogP contribution is 2.25. The summed E-state index contributed by atoms with van der Waals surface area (Å²) < 4.78 is 43.3. The SMILES string of the molecule is COc1[nH]cc(OC(F)(F)F)c(=O)c1[N+](=O)[O-]. The summed E-state index contributed by atoms with van der Waals surface area (Å²) in [5, 5.41) is 10.5. The number of aromatic amines is 1. The van der Waals surface area contributed by atoms with Gasteiger partial charge in [-0.1, -0.05) is 0 Å². The molecule has 0 saturated carbocycles. The van der Waals surface area contributed by atoms with Crippen molar-refractivity contribution in [1.29, 1.82) is 0 Å². The fourth-order valence-electron chi connectivity index (χ4n) is 1.01. The van der Waals surface area contributed by atoms with Crippen molar-refractivity contribution in [2.75, 3.05) is 7.11 Å². The molecule has 0 spiro atoms. The first-order valence-electron chi connectivity index (χ1n) is 3.96. The molecule has 10 heteroatoms. The topological polar surface area (TPSA) is 94.5 Å². The van der Waals surface area contributed by atoms with E-state index >= 15 is 0 Å². The van der Waals surface area contributed by atoms with Crippen molar-refractivity contribution in [2.24, 2.45) is 0 Å². The molecule has 1 heterocycles. The molecule has 1 aromatic rings. The number of ether oxygens (including phenoxy) is 2. The Balaban J connectivity index is 3.34. The number of nitro groups is 1. The standard InChI is InChI=1S/C7H5F3N2O5/c1-16-6-4(12(14)15)5(13)3(2-11-6)17-7(8,9)10/h2H,1H3,(H,11,13). The molecule has 1 aromatic heterocycles. The fourth-order valence-corrected chi connectivity index (χ4v) is 1.01. The molecule has 0 aliphatic heterocycles. The lowest BCUT2D eigenvalue weighted by molar-refractivity contribution is -0.387. The van der Waals surface area contributed by atoms with Crippen LogP contribution in [0, 0.1) is 10.1 Å². The van der Waals surface area contributed by atoms with Gasteiger partial charge < -0.3 is 14.5 Å². The first kappa shape index (κ1) is 12.8. The van der Waals surface area contributed by atoms with Crippen molar-refractivity contribution in [3.05, 3.63) is 26.5 Å². The van der Waals surface area contributed by atoms with Crippen LogP contribution in [0.25, 0.3) is 0 Å². The van der Waals surface area contributed by atoms with Crippen LogP contribution in [0.15, 0.2) is 11.0 Å². The summed E-state index contributed by atoms with van der Waals surface area (Å²) >= 11 is 0. The Bertz CT molecular complexity index is 495. The Kier molecular flexibility index (Phi) is 3.25. The number of aromatic nitrogens is 1. The normalized spacial score (nSPS) is 11.1. The van der Waals surface area contributed by atoms with Gasteiger partial charge in [-0.15, -0.1) is 13.2 Å². The minimum atomic E-state index is -5.12. The first-order valence-corrected chi connectivity index (χ1v) is 3.96. The van der Waals surface area contributed by atoms with Gasteiger partial charge in [0.2, 0.25) is 0 Å². The fraction of sp³-hybridized carbons (Fsp3) is 0.286. The van der Waals surface area contributed by atoms with Gasteiger partial charge in [0.05, 0.1) is 18.2 Å². The molecule has 0 radical (unpaired) electrons. The average Bonchev–Trinajstić information content (AvgIpc) is 2.18. The quantitative estimate of drug-likeness (QED) is 0.645. The van der Waals surface area contributed by atoms with E-state index in [2.05, 4.69) is 9.47 Å². The third-order valence-corrected chi connectivity index (χ3v) is 1.60.